The van der Waals surface area contributed by atoms with E-state index in [0.717, 1.165) is 31.1 Å². The van der Waals surface area contributed by atoms with E-state index in [4.69, 9.17) is 0 Å². The molecule has 0 spiro atoms. The molecule has 4 unspecified atom stereocenters. The van der Waals surface area contributed by atoms with Crippen molar-refractivity contribution in [2.75, 3.05) is 0 Å². The molecule has 0 nitrogen and oxygen atoms in total. The summed E-state index contributed by atoms with van der Waals surface area (Å²) in [5, 5.41) is 0. The largest absolute Gasteiger partial charge is 0.247 e. The van der Waals surface area contributed by atoms with Gasteiger partial charge < -0.3 is 0 Å². The summed E-state index contributed by atoms with van der Waals surface area (Å²) in [6.45, 7) is 15.0. The Morgan fingerprint density at radius 3 is 2.28 bits per heavy atom. The third-order valence-electron chi connectivity index (χ3n) is 4.75. The highest BCUT2D eigenvalue weighted by Crippen LogP contribution is 2.52. The van der Waals surface area contributed by atoms with Crippen molar-refractivity contribution in [2.24, 2.45) is 17.3 Å². The van der Waals surface area contributed by atoms with E-state index >= 15 is 0 Å². The number of halogens is 1. The summed E-state index contributed by atoms with van der Waals surface area (Å²) < 4.78 is 13.3. The zero-order valence-corrected chi connectivity index (χ0v) is 13.5. The quantitative estimate of drug-likeness (QED) is 0.455. The molecular formula is C17H33F. The van der Waals surface area contributed by atoms with Gasteiger partial charge in [0.1, 0.15) is 6.17 Å². The minimum atomic E-state index is -0.574. The van der Waals surface area contributed by atoms with Crippen molar-refractivity contribution in [3.05, 3.63) is 11.6 Å². The lowest BCUT2D eigenvalue weighted by Gasteiger charge is -2.47. The average Bonchev–Trinajstić information content (AvgIpc) is 2.42. The molecule has 0 aliphatic heterocycles. The molecule has 0 bridgehead atoms. The van der Waals surface area contributed by atoms with Crippen molar-refractivity contribution < 1.29 is 4.39 Å². The van der Waals surface area contributed by atoms with Crippen molar-refractivity contribution in [3.8, 4) is 0 Å². The molecule has 1 saturated carbocycles. The lowest BCUT2D eigenvalue weighted by molar-refractivity contribution is 0.101. The van der Waals surface area contributed by atoms with Crippen molar-refractivity contribution in [2.45, 2.75) is 80.3 Å². The SMILES string of the molecule is CC.CC.CC1CC=C2CC(F)CCC2(C)C1C. The molecule has 1 fully saturated rings. The highest BCUT2D eigenvalue weighted by atomic mass is 19.1. The fourth-order valence-corrected chi connectivity index (χ4v) is 3.19. The van der Waals surface area contributed by atoms with Crippen LogP contribution in [0, 0.1) is 17.3 Å². The number of fused-ring (bicyclic) bond motifs is 1. The molecule has 4 atom stereocenters. The lowest BCUT2D eigenvalue weighted by atomic mass is 9.58. The van der Waals surface area contributed by atoms with Gasteiger partial charge in [0.25, 0.3) is 0 Å². The first-order valence-corrected chi connectivity index (χ1v) is 7.87. The summed E-state index contributed by atoms with van der Waals surface area (Å²) in [5.41, 5.74) is 1.71. The Labute approximate surface area is 114 Å². The molecule has 0 N–H and O–H groups in total. The van der Waals surface area contributed by atoms with Gasteiger partial charge in [0.2, 0.25) is 0 Å². The molecule has 0 amide bonds. The van der Waals surface area contributed by atoms with E-state index in [-0.39, 0.29) is 0 Å². The standard InChI is InChI=1S/C13H21F.2C2H6/c1-9-4-5-11-8-12(14)6-7-13(11,3)10(9)2;2*1-2/h5,9-10,12H,4,6-8H2,1-3H3;2*1-2H3. The topological polar surface area (TPSA) is 0 Å². The monoisotopic (exact) mass is 256 g/mol. The summed E-state index contributed by atoms with van der Waals surface area (Å²) in [6.07, 6.45) is 5.41. The van der Waals surface area contributed by atoms with E-state index in [2.05, 4.69) is 26.8 Å². The third kappa shape index (κ3) is 3.59. The first kappa shape index (κ1) is 17.7. The van der Waals surface area contributed by atoms with Gasteiger partial charge in [-0.3, -0.25) is 0 Å². The van der Waals surface area contributed by atoms with Gasteiger partial charge in [-0.25, -0.2) is 4.39 Å². The second kappa shape index (κ2) is 7.96. The minimum absolute atomic E-state index is 0.306. The zero-order chi connectivity index (χ0) is 14.3. The maximum Gasteiger partial charge on any atom is 0.104 e. The van der Waals surface area contributed by atoms with Gasteiger partial charge in [-0.15, -0.1) is 0 Å². The van der Waals surface area contributed by atoms with Crippen LogP contribution < -0.4 is 0 Å². The fraction of sp³-hybridized carbons (Fsp3) is 0.882. The highest BCUT2D eigenvalue weighted by molar-refractivity contribution is 5.22. The normalized spacial score (nSPS) is 38.2. The average molecular weight is 256 g/mol. The number of rotatable bonds is 0. The number of hydrogen-bond acceptors (Lipinski definition) is 0. The van der Waals surface area contributed by atoms with E-state index in [1.54, 1.807) is 0 Å². The van der Waals surface area contributed by atoms with Crippen LogP contribution in [0.5, 0.6) is 0 Å². The van der Waals surface area contributed by atoms with Crippen LogP contribution in [0.2, 0.25) is 0 Å². The fourth-order valence-electron chi connectivity index (χ4n) is 3.19. The Balaban J connectivity index is 0.000000659. The summed E-state index contributed by atoms with van der Waals surface area (Å²) in [4.78, 5) is 0. The number of hydrogen-bond donors (Lipinski definition) is 0. The Bertz CT molecular complexity index is 256. The molecule has 2 rings (SSSR count). The number of allylic oxidation sites excluding steroid dienone is 2. The molecule has 0 aromatic heterocycles. The molecule has 18 heavy (non-hydrogen) atoms. The molecule has 2 aliphatic rings. The molecule has 0 heterocycles. The van der Waals surface area contributed by atoms with Gasteiger partial charge in [0.05, 0.1) is 0 Å². The second-order valence-electron chi connectivity index (χ2n) is 5.49. The van der Waals surface area contributed by atoms with Gasteiger partial charge in [0.15, 0.2) is 0 Å². The van der Waals surface area contributed by atoms with E-state index in [0.29, 0.717) is 11.8 Å². The molecule has 108 valence electrons. The molecule has 0 radical (unpaired) electrons. The molecule has 2 aliphatic carbocycles. The third-order valence-corrected chi connectivity index (χ3v) is 4.75. The smallest absolute Gasteiger partial charge is 0.104 e. The lowest BCUT2D eigenvalue weighted by Crippen LogP contribution is -2.39. The molecular weight excluding hydrogens is 223 g/mol. The predicted octanol–water partition coefficient (Wildman–Crippen LogP) is 6.17. The Hall–Kier alpha value is -0.330. The maximum absolute atomic E-state index is 13.3. The second-order valence-corrected chi connectivity index (χ2v) is 5.49. The van der Waals surface area contributed by atoms with Crippen LogP contribution in [-0.4, -0.2) is 6.17 Å². The Kier molecular flexibility index (Phi) is 7.82. The van der Waals surface area contributed by atoms with Crippen LogP contribution in [-0.2, 0) is 0 Å². The van der Waals surface area contributed by atoms with Crippen molar-refractivity contribution >= 4 is 0 Å². The molecule has 1 heteroatoms. The van der Waals surface area contributed by atoms with Gasteiger partial charge in [-0.05, 0) is 36.5 Å². The van der Waals surface area contributed by atoms with Gasteiger partial charge in [0, 0.05) is 6.42 Å². The maximum atomic E-state index is 13.3. The van der Waals surface area contributed by atoms with E-state index in [1.807, 2.05) is 27.7 Å². The van der Waals surface area contributed by atoms with Gasteiger partial charge >= 0.3 is 0 Å². The van der Waals surface area contributed by atoms with Crippen LogP contribution in [0.25, 0.3) is 0 Å². The highest BCUT2D eigenvalue weighted by Gasteiger charge is 2.43. The first-order chi connectivity index (χ1) is 8.54. The Morgan fingerprint density at radius 2 is 1.72 bits per heavy atom. The van der Waals surface area contributed by atoms with E-state index in [1.165, 1.54) is 5.57 Å². The van der Waals surface area contributed by atoms with Crippen LogP contribution in [0.4, 0.5) is 4.39 Å². The number of alkyl halides is 1. The summed E-state index contributed by atoms with van der Waals surface area (Å²) in [6, 6.07) is 0. The van der Waals surface area contributed by atoms with Crippen LogP contribution in [0.1, 0.15) is 74.1 Å². The molecule has 0 saturated heterocycles. The molecule has 0 aromatic carbocycles. The minimum Gasteiger partial charge on any atom is -0.247 e. The molecule has 0 aromatic rings. The zero-order valence-electron chi connectivity index (χ0n) is 13.5. The van der Waals surface area contributed by atoms with E-state index < -0.39 is 6.17 Å². The Morgan fingerprint density at radius 1 is 1.17 bits per heavy atom. The van der Waals surface area contributed by atoms with Gasteiger partial charge in [-0.2, -0.15) is 0 Å². The van der Waals surface area contributed by atoms with Crippen molar-refractivity contribution in [1.82, 2.24) is 0 Å². The van der Waals surface area contributed by atoms with Gasteiger partial charge in [-0.1, -0.05) is 60.1 Å². The van der Waals surface area contributed by atoms with E-state index in [9.17, 15) is 4.39 Å². The van der Waals surface area contributed by atoms with Crippen molar-refractivity contribution in [3.63, 3.8) is 0 Å². The summed E-state index contributed by atoms with van der Waals surface area (Å²) in [5.74, 6) is 1.48. The predicted molar refractivity (Wildman–Crippen MR) is 80.6 cm³/mol. The van der Waals surface area contributed by atoms with Crippen LogP contribution in [0.3, 0.4) is 0 Å². The van der Waals surface area contributed by atoms with Crippen LogP contribution in [0.15, 0.2) is 11.6 Å². The summed E-state index contributed by atoms with van der Waals surface area (Å²) in [7, 11) is 0. The first-order valence-electron chi connectivity index (χ1n) is 7.87. The van der Waals surface area contributed by atoms with Crippen molar-refractivity contribution in [1.29, 1.82) is 0 Å². The van der Waals surface area contributed by atoms with Crippen LogP contribution >= 0.6 is 0 Å². The summed E-state index contributed by atoms with van der Waals surface area (Å²) >= 11 is 0.